The van der Waals surface area contributed by atoms with Gasteiger partial charge in [0.05, 0.1) is 11.4 Å². The van der Waals surface area contributed by atoms with E-state index in [4.69, 9.17) is 5.73 Å². The fourth-order valence-corrected chi connectivity index (χ4v) is 1.51. The third kappa shape index (κ3) is 1.50. The summed E-state index contributed by atoms with van der Waals surface area (Å²) >= 11 is 0. The van der Waals surface area contributed by atoms with Crippen molar-refractivity contribution in [1.82, 2.24) is 4.98 Å². The number of nitrogens with two attached hydrogens (primary N) is 1. The number of amidine groups is 1. The maximum atomic E-state index is 5.65. The summed E-state index contributed by atoms with van der Waals surface area (Å²) in [7, 11) is 0. The van der Waals surface area contributed by atoms with Gasteiger partial charge in [0.15, 0.2) is 0 Å². The van der Waals surface area contributed by atoms with E-state index in [0.717, 1.165) is 17.1 Å². The number of hydrogen-bond donors (Lipinski definition) is 1. The molecule has 0 amide bonds. The highest BCUT2D eigenvalue weighted by Gasteiger charge is 2.19. The highest BCUT2D eigenvalue weighted by Crippen LogP contribution is 2.28. The molecule has 2 heterocycles. The van der Waals surface area contributed by atoms with Gasteiger partial charge >= 0.3 is 0 Å². The predicted octanol–water partition coefficient (Wildman–Crippen LogP) is 1.92. The van der Waals surface area contributed by atoms with E-state index in [-0.39, 0.29) is 5.41 Å². The molecule has 3 nitrogen and oxygen atoms in total. The summed E-state index contributed by atoms with van der Waals surface area (Å²) in [5.74, 6) is 0.665. The van der Waals surface area contributed by atoms with Crippen LogP contribution in [0.5, 0.6) is 0 Å². The van der Waals surface area contributed by atoms with Gasteiger partial charge in [0.25, 0.3) is 0 Å². The molecule has 1 aromatic heterocycles. The summed E-state index contributed by atoms with van der Waals surface area (Å²) < 4.78 is 0. The number of fused-ring (bicyclic) bond motifs is 1. The average molecular weight is 189 g/mol. The molecule has 2 rings (SSSR count). The standard InChI is InChI=1S/C11H15N3/c1-11(2,3)9-5-4-7-8(13-9)6-10(12)14-7/h4-5H,6H2,1-3H3,(H2,12,14). The number of aliphatic imine (C=N–C) groups is 1. The molecule has 14 heavy (non-hydrogen) atoms. The van der Waals surface area contributed by atoms with Crippen LogP contribution in [-0.2, 0) is 11.8 Å². The van der Waals surface area contributed by atoms with Crippen molar-refractivity contribution in [3.05, 3.63) is 23.5 Å². The van der Waals surface area contributed by atoms with Gasteiger partial charge in [-0.1, -0.05) is 20.8 Å². The fraction of sp³-hybridized carbons (Fsp3) is 0.455. The first-order chi connectivity index (χ1) is 6.47. The molecular formula is C11H15N3. The van der Waals surface area contributed by atoms with E-state index in [0.29, 0.717) is 12.3 Å². The predicted molar refractivity (Wildman–Crippen MR) is 57.9 cm³/mol. The first kappa shape index (κ1) is 9.19. The van der Waals surface area contributed by atoms with E-state index in [2.05, 4.69) is 30.7 Å². The minimum absolute atomic E-state index is 0.0897. The largest absolute Gasteiger partial charge is 0.387 e. The number of hydrogen-bond acceptors (Lipinski definition) is 3. The van der Waals surface area contributed by atoms with Crippen LogP contribution in [0.2, 0.25) is 0 Å². The van der Waals surface area contributed by atoms with Crippen LogP contribution < -0.4 is 5.73 Å². The van der Waals surface area contributed by atoms with Crippen LogP contribution in [0.3, 0.4) is 0 Å². The van der Waals surface area contributed by atoms with Crippen LogP contribution in [0, 0.1) is 0 Å². The lowest BCUT2D eigenvalue weighted by Crippen LogP contribution is -2.15. The Bertz CT molecular complexity index is 399. The Labute approximate surface area is 84.1 Å². The third-order valence-electron chi connectivity index (χ3n) is 2.33. The maximum absolute atomic E-state index is 5.65. The van der Waals surface area contributed by atoms with Crippen LogP contribution in [0.1, 0.15) is 32.2 Å². The van der Waals surface area contributed by atoms with Gasteiger partial charge < -0.3 is 5.73 Å². The highest BCUT2D eigenvalue weighted by molar-refractivity contribution is 5.90. The van der Waals surface area contributed by atoms with E-state index in [9.17, 15) is 0 Å². The second kappa shape index (κ2) is 2.80. The molecule has 0 unspecified atom stereocenters. The van der Waals surface area contributed by atoms with Crippen molar-refractivity contribution in [2.45, 2.75) is 32.6 Å². The average Bonchev–Trinajstić information content (AvgIpc) is 2.41. The third-order valence-corrected chi connectivity index (χ3v) is 2.33. The molecule has 1 aliphatic rings. The van der Waals surface area contributed by atoms with Gasteiger partial charge in [0.2, 0.25) is 0 Å². The molecule has 0 radical (unpaired) electrons. The van der Waals surface area contributed by atoms with Crippen LogP contribution in [0.25, 0.3) is 0 Å². The second-order valence-corrected chi connectivity index (χ2v) is 4.69. The van der Waals surface area contributed by atoms with Crippen LogP contribution in [0.15, 0.2) is 17.1 Å². The summed E-state index contributed by atoms with van der Waals surface area (Å²) in [5, 5.41) is 0. The highest BCUT2D eigenvalue weighted by atomic mass is 14.9. The zero-order valence-corrected chi connectivity index (χ0v) is 8.83. The molecule has 74 valence electrons. The van der Waals surface area contributed by atoms with Gasteiger partial charge in [-0.2, -0.15) is 0 Å². The summed E-state index contributed by atoms with van der Waals surface area (Å²) in [6, 6.07) is 4.03. The van der Waals surface area contributed by atoms with Gasteiger partial charge in [-0.3, -0.25) is 4.98 Å². The van der Waals surface area contributed by atoms with Crippen molar-refractivity contribution in [3.63, 3.8) is 0 Å². The lowest BCUT2D eigenvalue weighted by atomic mass is 9.91. The SMILES string of the molecule is CC(C)(C)c1ccc2c(n1)CC(N)=N2. The normalized spacial score (nSPS) is 15.2. The Kier molecular flexibility index (Phi) is 1.84. The van der Waals surface area contributed by atoms with Crippen LogP contribution in [0.4, 0.5) is 5.69 Å². The number of nitrogens with zero attached hydrogens (tertiary/aromatic N) is 2. The zero-order chi connectivity index (χ0) is 10.3. The molecule has 0 saturated heterocycles. The Morgan fingerprint density at radius 3 is 2.64 bits per heavy atom. The molecule has 0 aliphatic carbocycles. The quantitative estimate of drug-likeness (QED) is 0.678. The van der Waals surface area contributed by atoms with Gasteiger partial charge in [0.1, 0.15) is 5.84 Å². The minimum Gasteiger partial charge on any atom is -0.387 e. The van der Waals surface area contributed by atoms with E-state index in [1.165, 1.54) is 0 Å². The Hall–Kier alpha value is -1.38. The molecule has 1 aromatic rings. The molecule has 0 atom stereocenters. The van der Waals surface area contributed by atoms with Crippen molar-refractivity contribution in [3.8, 4) is 0 Å². The number of pyridine rings is 1. The molecule has 0 aromatic carbocycles. The Morgan fingerprint density at radius 2 is 2.00 bits per heavy atom. The maximum Gasteiger partial charge on any atom is 0.106 e. The van der Waals surface area contributed by atoms with Gasteiger partial charge in [-0.15, -0.1) is 0 Å². The number of aromatic nitrogens is 1. The van der Waals surface area contributed by atoms with Gasteiger partial charge in [0, 0.05) is 17.5 Å². The molecule has 3 heteroatoms. The Morgan fingerprint density at radius 1 is 1.29 bits per heavy atom. The summed E-state index contributed by atoms with van der Waals surface area (Å²) in [6.45, 7) is 6.46. The van der Waals surface area contributed by atoms with Crippen molar-refractivity contribution in [2.75, 3.05) is 0 Å². The Balaban J connectivity index is 2.42. The van der Waals surface area contributed by atoms with Gasteiger partial charge in [-0.25, -0.2) is 4.99 Å². The monoisotopic (exact) mass is 189 g/mol. The van der Waals surface area contributed by atoms with E-state index in [1.807, 2.05) is 12.1 Å². The molecule has 0 saturated carbocycles. The molecular weight excluding hydrogens is 174 g/mol. The van der Waals surface area contributed by atoms with Gasteiger partial charge in [-0.05, 0) is 12.1 Å². The van der Waals surface area contributed by atoms with E-state index < -0.39 is 0 Å². The molecule has 0 spiro atoms. The minimum atomic E-state index is 0.0897. The van der Waals surface area contributed by atoms with Crippen molar-refractivity contribution < 1.29 is 0 Å². The van der Waals surface area contributed by atoms with E-state index in [1.54, 1.807) is 0 Å². The van der Waals surface area contributed by atoms with Crippen molar-refractivity contribution in [1.29, 1.82) is 0 Å². The topological polar surface area (TPSA) is 51.3 Å². The van der Waals surface area contributed by atoms with Crippen molar-refractivity contribution >= 4 is 11.5 Å². The first-order valence-corrected chi connectivity index (χ1v) is 4.80. The first-order valence-electron chi connectivity index (χ1n) is 4.80. The second-order valence-electron chi connectivity index (χ2n) is 4.69. The summed E-state index contributed by atoms with van der Waals surface area (Å²) in [4.78, 5) is 8.79. The van der Waals surface area contributed by atoms with E-state index >= 15 is 0 Å². The summed E-state index contributed by atoms with van der Waals surface area (Å²) in [6.07, 6.45) is 0.694. The fourth-order valence-electron chi connectivity index (χ4n) is 1.51. The van der Waals surface area contributed by atoms with Crippen LogP contribution >= 0.6 is 0 Å². The summed E-state index contributed by atoms with van der Waals surface area (Å²) in [5.41, 5.74) is 8.78. The lowest BCUT2D eigenvalue weighted by molar-refractivity contribution is 0.567. The molecule has 0 fully saturated rings. The zero-order valence-electron chi connectivity index (χ0n) is 8.83. The molecule has 0 bridgehead atoms. The number of rotatable bonds is 0. The smallest absolute Gasteiger partial charge is 0.106 e. The molecule has 2 N–H and O–H groups in total. The van der Waals surface area contributed by atoms with Crippen LogP contribution in [-0.4, -0.2) is 10.8 Å². The lowest BCUT2D eigenvalue weighted by Gasteiger charge is -2.18. The van der Waals surface area contributed by atoms with Crippen molar-refractivity contribution in [2.24, 2.45) is 10.7 Å². The molecule has 1 aliphatic heterocycles.